The van der Waals surface area contributed by atoms with Gasteiger partial charge >= 0.3 is 0 Å². The van der Waals surface area contributed by atoms with E-state index in [-0.39, 0.29) is 0 Å². The molecule has 0 saturated heterocycles. The van der Waals surface area contributed by atoms with Gasteiger partial charge in [-0.05, 0) is 30.0 Å². The lowest BCUT2D eigenvalue weighted by Gasteiger charge is -2.11. The van der Waals surface area contributed by atoms with Gasteiger partial charge < -0.3 is 11.1 Å². The Morgan fingerprint density at radius 2 is 1.75 bits per heavy atom. The summed E-state index contributed by atoms with van der Waals surface area (Å²) in [6.45, 7) is 2.83. The van der Waals surface area contributed by atoms with Crippen molar-refractivity contribution in [2.45, 2.75) is 19.8 Å². The van der Waals surface area contributed by atoms with E-state index in [0.717, 1.165) is 25.1 Å². The molecule has 20 heavy (non-hydrogen) atoms. The number of para-hydroxylation sites is 1. The summed E-state index contributed by atoms with van der Waals surface area (Å²) in [5.41, 5.74) is 9.41. The molecule has 104 valence electrons. The summed E-state index contributed by atoms with van der Waals surface area (Å²) in [5, 5.41) is 3.19. The first-order chi connectivity index (χ1) is 9.79. The van der Waals surface area contributed by atoms with E-state index in [1.165, 1.54) is 11.1 Å². The maximum Gasteiger partial charge on any atom is 0.193 e. The van der Waals surface area contributed by atoms with E-state index in [4.69, 9.17) is 5.73 Å². The molecule has 0 aliphatic heterocycles. The zero-order valence-corrected chi connectivity index (χ0v) is 11.8. The lowest BCUT2D eigenvalue weighted by Crippen LogP contribution is -2.23. The van der Waals surface area contributed by atoms with E-state index in [1.54, 1.807) is 0 Å². The van der Waals surface area contributed by atoms with Crippen molar-refractivity contribution < 1.29 is 0 Å². The van der Waals surface area contributed by atoms with Crippen molar-refractivity contribution >= 4 is 11.6 Å². The van der Waals surface area contributed by atoms with E-state index in [0.29, 0.717) is 5.96 Å². The third-order valence-electron chi connectivity index (χ3n) is 3.02. The zero-order valence-electron chi connectivity index (χ0n) is 11.8. The highest BCUT2D eigenvalue weighted by Gasteiger charge is 2.03. The summed E-state index contributed by atoms with van der Waals surface area (Å²) in [6, 6.07) is 18.6. The zero-order chi connectivity index (χ0) is 14.2. The third kappa shape index (κ3) is 4.12. The normalized spacial score (nSPS) is 11.3. The van der Waals surface area contributed by atoms with Crippen molar-refractivity contribution in [3.05, 3.63) is 65.7 Å². The Morgan fingerprint density at radius 3 is 2.50 bits per heavy atom. The number of benzene rings is 2. The number of nitrogens with two attached hydrogens (primary N) is 1. The van der Waals surface area contributed by atoms with Gasteiger partial charge in [0.05, 0.1) is 0 Å². The van der Waals surface area contributed by atoms with Gasteiger partial charge in [0.25, 0.3) is 0 Å². The Kier molecular flexibility index (Phi) is 5.18. The second-order valence-electron chi connectivity index (χ2n) is 4.71. The van der Waals surface area contributed by atoms with Gasteiger partial charge in [0, 0.05) is 12.2 Å². The van der Waals surface area contributed by atoms with Crippen LogP contribution in [0.15, 0.2) is 59.6 Å². The predicted octanol–water partition coefficient (Wildman–Crippen LogP) is 3.41. The highest BCUT2D eigenvalue weighted by molar-refractivity contribution is 5.93. The molecular formula is C17H21N3. The Balaban J connectivity index is 2.14. The fourth-order valence-electron chi connectivity index (χ4n) is 2.02. The molecule has 0 aliphatic carbocycles. The fraction of sp³-hybridized carbons (Fsp3) is 0.235. The second-order valence-corrected chi connectivity index (χ2v) is 4.71. The van der Waals surface area contributed by atoms with Gasteiger partial charge in [0.1, 0.15) is 0 Å². The quantitative estimate of drug-likeness (QED) is 0.644. The maximum atomic E-state index is 5.89. The number of guanidine groups is 1. The largest absolute Gasteiger partial charge is 0.370 e. The van der Waals surface area contributed by atoms with Gasteiger partial charge in [-0.3, -0.25) is 4.99 Å². The van der Waals surface area contributed by atoms with Crippen LogP contribution in [0.25, 0.3) is 0 Å². The summed E-state index contributed by atoms with van der Waals surface area (Å²) in [7, 11) is 0. The molecular weight excluding hydrogens is 246 g/mol. The third-order valence-corrected chi connectivity index (χ3v) is 3.02. The van der Waals surface area contributed by atoms with Crippen LogP contribution in [0.2, 0.25) is 0 Å². The van der Waals surface area contributed by atoms with Crippen molar-refractivity contribution in [3.63, 3.8) is 0 Å². The average molecular weight is 267 g/mol. The van der Waals surface area contributed by atoms with Crippen LogP contribution in [0.1, 0.15) is 24.5 Å². The number of aliphatic imine (C=N–C) groups is 1. The van der Waals surface area contributed by atoms with Gasteiger partial charge in [-0.15, -0.1) is 0 Å². The molecule has 3 heteroatoms. The molecule has 2 rings (SSSR count). The Hall–Kier alpha value is -2.29. The monoisotopic (exact) mass is 267 g/mol. The number of rotatable bonds is 5. The summed E-state index contributed by atoms with van der Waals surface area (Å²) >= 11 is 0. The van der Waals surface area contributed by atoms with Gasteiger partial charge in [-0.1, -0.05) is 55.5 Å². The van der Waals surface area contributed by atoms with E-state index in [2.05, 4.69) is 47.6 Å². The van der Waals surface area contributed by atoms with Crippen LogP contribution in [-0.4, -0.2) is 12.5 Å². The molecule has 0 fully saturated rings. The van der Waals surface area contributed by atoms with Crippen LogP contribution in [-0.2, 0) is 6.42 Å². The van der Waals surface area contributed by atoms with Gasteiger partial charge in [-0.2, -0.15) is 0 Å². The summed E-state index contributed by atoms with van der Waals surface area (Å²) in [6.07, 6.45) is 1.87. The lowest BCUT2D eigenvalue weighted by atomic mass is 10.0. The summed E-state index contributed by atoms with van der Waals surface area (Å²) in [4.78, 5) is 4.27. The van der Waals surface area contributed by atoms with Crippen molar-refractivity contribution in [3.8, 4) is 0 Å². The van der Waals surface area contributed by atoms with Crippen molar-refractivity contribution in [2.75, 3.05) is 11.9 Å². The fourth-order valence-corrected chi connectivity index (χ4v) is 2.02. The molecule has 2 aromatic rings. The van der Waals surface area contributed by atoms with Crippen molar-refractivity contribution in [1.29, 1.82) is 0 Å². The Labute approximate surface area is 120 Å². The Morgan fingerprint density at radius 1 is 1.05 bits per heavy atom. The number of anilines is 1. The maximum absolute atomic E-state index is 5.89. The van der Waals surface area contributed by atoms with Crippen LogP contribution in [0.4, 0.5) is 5.69 Å². The SMILES string of the molecule is CCCN=C(N)Nc1ccccc1Cc1ccccc1. The van der Waals surface area contributed by atoms with Crippen LogP contribution in [0.5, 0.6) is 0 Å². The molecule has 0 radical (unpaired) electrons. The summed E-state index contributed by atoms with van der Waals surface area (Å²) in [5.74, 6) is 0.479. The molecule has 0 aromatic heterocycles. The highest BCUT2D eigenvalue weighted by Crippen LogP contribution is 2.18. The molecule has 0 heterocycles. The molecule has 0 aliphatic rings. The smallest absolute Gasteiger partial charge is 0.193 e. The summed E-state index contributed by atoms with van der Waals surface area (Å²) < 4.78 is 0. The number of nitrogens with one attached hydrogen (secondary N) is 1. The van der Waals surface area contributed by atoms with E-state index >= 15 is 0 Å². The average Bonchev–Trinajstić information content (AvgIpc) is 2.48. The minimum atomic E-state index is 0.479. The predicted molar refractivity (Wildman–Crippen MR) is 86.1 cm³/mol. The van der Waals surface area contributed by atoms with E-state index < -0.39 is 0 Å². The van der Waals surface area contributed by atoms with Gasteiger partial charge in [0.2, 0.25) is 0 Å². The molecule has 0 saturated carbocycles. The first kappa shape index (κ1) is 14.1. The van der Waals surface area contributed by atoms with Crippen LogP contribution >= 0.6 is 0 Å². The number of nitrogens with zero attached hydrogens (tertiary/aromatic N) is 1. The second kappa shape index (κ2) is 7.34. The molecule has 0 amide bonds. The minimum Gasteiger partial charge on any atom is -0.370 e. The minimum absolute atomic E-state index is 0.479. The lowest BCUT2D eigenvalue weighted by molar-refractivity contribution is 0.929. The van der Waals surface area contributed by atoms with E-state index in [1.807, 2.05) is 24.3 Å². The molecule has 0 bridgehead atoms. The van der Waals surface area contributed by atoms with Crippen molar-refractivity contribution in [1.82, 2.24) is 0 Å². The Bertz CT molecular complexity index is 561. The molecule has 2 aromatic carbocycles. The first-order valence-corrected chi connectivity index (χ1v) is 6.98. The van der Waals surface area contributed by atoms with Crippen molar-refractivity contribution in [2.24, 2.45) is 10.7 Å². The first-order valence-electron chi connectivity index (χ1n) is 6.98. The van der Waals surface area contributed by atoms with Crippen LogP contribution in [0, 0.1) is 0 Å². The topological polar surface area (TPSA) is 50.4 Å². The van der Waals surface area contributed by atoms with Gasteiger partial charge in [-0.25, -0.2) is 0 Å². The van der Waals surface area contributed by atoms with Gasteiger partial charge in [0.15, 0.2) is 5.96 Å². The molecule has 3 nitrogen and oxygen atoms in total. The number of hydrogen-bond acceptors (Lipinski definition) is 1. The van der Waals surface area contributed by atoms with Crippen LogP contribution < -0.4 is 11.1 Å². The molecule has 0 unspecified atom stereocenters. The molecule has 0 spiro atoms. The molecule has 3 N–H and O–H groups in total. The standard InChI is InChI=1S/C17H21N3/c1-2-12-19-17(18)20-16-11-7-6-10-15(16)13-14-8-4-3-5-9-14/h3-11H,2,12-13H2,1H3,(H3,18,19,20). The molecule has 0 atom stereocenters. The number of hydrogen-bond donors (Lipinski definition) is 2. The highest BCUT2D eigenvalue weighted by atomic mass is 15.1. The van der Waals surface area contributed by atoms with Crippen LogP contribution in [0.3, 0.4) is 0 Å². The van der Waals surface area contributed by atoms with E-state index in [9.17, 15) is 0 Å².